The van der Waals surface area contributed by atoms with Gasteiger partial charge in [-0.2, -0.15) is 5.26 Å². The van der Waals surface area contributed by atoms with Gasteiger partial charge < -0.3 is 5.32 Å². The van der Waals surface area contributed by atoms with Crippen molar-refractivity contribution in [2.75, 3.05) is 6.54 Å². The van der Waals surface area contributed by atoms with Gasteiger partial charge in [0.15, 0.2) is 0 Å². The molecule has 0 saturated heterocycles. The second-order valence-electron chi connectivity index (χ2n) is 4.00. The highest BCUT2D eigenvalue weighted by Crippen LogP contribution is 2.21. The van der Waals surface area contributed by atoms with E-state index in [1.165, 1.54) is 38.5 Å². The van der Waals surface area contributed by atoms with Crippen LogP contribution in [0.2, 0.25) is 0 Å². The number of carbonyl (C=O) groups is 1. The van der Waals surface area contributed by atoms with E-state index in [1.807, 2.05) is 6.07 Å². The van der Waals surface area contributed by atoms with E-state index in [9.17, 15) is 4.79 Å². The molecular weight excluding hydrogens is 176 g/mol. The quantitative estimate of drug-likeness (QED) is 0.698. The van der Waals surface area contributed by atoms with Gasteiger partial charge in [-0.1, -0.05) is 25.7 Å². The number of nitrogens with zero attached hydrogens (tertiary/aromatic N) is 1. The van der Waals surface area contributed by atoms with Crippen LogP contribution in [0, 0.1) is 17.2 Å². The van der Waals surface area contributed by atoms with Crippen molar-refractivity contribution in [2.24, 2.45) is 5.92 Å². The molecule has 3 nitrogen and oxygen atoms in total. The van der Waals surface area contributed by atoms with Crippen LogP contribution in [0.25, 0.3) is 0 Å². The molecule has 1 saturated carbocycles. The largest absolute Gasteiger partial charge is 0.355 e. The molecule has 1 fully saturated rings. The lowest BCUT2D eigenvalue weighted by molar-refractivity contribution is -0.120. The third kappa shape index (κ3) is 4.27. The predicted octanol–water partition coefficient (Wildman–Crippen LogP) is 1.99. The Kier molecular flexibility index (Phi) is 5.06. The molecule has 14 heavy (non-hydrogen) atoms. The van der Waals surface area contributed by atoms with Crippen LogP contribution in [-0.4, -0.2) is 12.5 Å². The average Bonchev–Trinajstić information content (AvgIpc) is 2.43. The summed E-state index contributed by atoms with van der Waals surface area (Å²) in [4.78, 5) is 11.0. The second-order valence-corrected chi connectivity index (χ2v) is 4.00. The summed E-state index contributed by atoms with van der Waals surface area (Å²) in [6.45, 7) is 0.764. The SMILES string of the molecule is N#CCC(=O)NCC1CCCCCC1. The van der Waals surface area contributed by atoms with E-state index in [0.717, 1.165) is 6.54 Å². The fraction of sp³-hybridized carbons (Fsp3) is 0.818. The van der Waals surface area contributed by atoms with E-state index in [2.05, 4.69) is 5.32 Å². The van der Waals surface area contributed by atoms with Gasteiger partial charge in [-0.05, 0) is 18.8 Å². The number of rotatable bonds is 3. The third-order valence-electron chi connectivity index (χ3n) is 2.80. The molecule has 1 aliphatic carbocycles. The van der Waals surface area contributed by atoms with Crippen molar-refractivity contribution in [3.05, 3.63) is 0 Å². The van der Waals surface area contributed by atoms with Crippen LogP contribution in [-0.2, 0) is 4.79 Å². The third-order valence-corrected chi connectivity index (χ3v) is 2.80. The Hall–Kier alpha value is -1.04. The first-order valence-electron chi connectivity index (χ1n) is 5.46. The average molecular weight is 194 g/mol. The summed E-state index contributed by atoms with van der Waals surface area (Å²) in [6, 6.07) is 1.86. The van der Waals surface area contributed by atoms with E-state index in [0.29, 0.717) is 5.92 Å². The molecule has 1 rings (SSSR count). The molecular formula is C11H18N2O. The Labute approximate surface area is 85.5 Å². The molecule has 3 heteroatoms. The molecule has 0 spiro atoms. The van der Waals surface area contributed by atoms with Gasteiger partial charge in [-0.15, -0.1) is 0 Å². The van der Waals surface area contributed by atoms with Gasteiger partial charge in [0.25, 0.3) is 0 Å². The van der Waals surface area contributed by atoms with Crippen LogP contribution in [0.4, 0.5) is 0 Å². The summed E-state index contributed by atoms with van der Waals surface area (Å²) in [5.41, 5.74) is 0. The minimum atomic E-state index is -0.128. The maximum absolute atomic E-state index is 11.0. The Bertz CT molecular complexity index is 212. The first kappa shape index (κ1) is 11.0. The van der Waals surface area contributed by atoms with Gasteiger partial charge in [-0.25, -0.2) is 0 Å². The highest BCUT2D eigenvalue weighted by atomic mass is 16.1. The molecule has 0 atom stereocenters. The maximum Gasteiger partial charge on any atom is 0.234 e. The lowest BCUT2D eigenvalue weighted by Gasteiger charge is -2.13. The molecule has 0 aromatic carbocycles. The van der Waals surface area contributed by atoms with E-state index in [-0.39, 0.29) is 12.3 Å². The minimum Gasteiger partial charge on any atom is -0.355 e. The highest BCUT2D eigenvalue weighted by molar-refractivity contribution is 5.77. The standard InChI is InChI=1S/C11H18N2O/c12-8-7-11(14)13-9-10-5-3-1-2-4-6-10/h10H,1-7,9H2,(H,13,14). The fourth-order valence-electron chi connectivity index (χ4n) is 1.96. The zero-order chi connectivity index (χ0) is 10.2. The van der Waals surface area contributed by atoms with Gasteiger partial charge in [0.05, 0.1) is 6.07 Å². The van der Waals surface area contributed by atoms with E-state index < -0.39 is 0 Å². The first-order valence-corrected chi connectivity index (χ1v) is 5.46. The Morgan fingerprint density at radius 3 is 2.50 bits per heavy atom. The van der Waals surface area contributed by atoms with Crippen LogP contribution < -0.4 is 5.32 Å². The topological polar surface area (TPSA) is 52.9 Å². The minimum absolute atomic E-state index is 0.00722. The number of hydrogen-bond acceptors (Lipinski definition) is 2. The first-order chi connectivity index (χ1) is 6.83. The van der Waals surface area contributed by atoms with Crippen molar-refractivity contribution in [2.45, 2.75) is 44.9 Å². The predicted molar refractivity (Wildman–Crippen MR) is 54.4 cm³/mol. The molecule has 0 aromatic heterocycles. The number of hydrogen-bond donors (Lipinski definition) is 1. The van der Waals surface area contributed by atoms with Crippen molar-refractivity contribution in [1.29, 1.82) is 5.26 Å². The molecule has 0 heterocycles. The van der Waals surface area contributed by atoms with Crippen molar-refractivity contribution in [3.63, 3.8) is 0 Å². The van der Waals surface area contributed by atoms with Gasteiger partial charge >= 0.3 is 0 Å². The number of nitrogens with one attached hydrogen (secondary N) is 1. The van der Waals surface area contributed by atoms with E-state index in [4.69, 9.17) is 5.26 Å². The normalized spacial score (nSPS) is 18.2. The van der Waals surface area contributed by atoms with Gasteiger partial charge in [0.1, 0.15) is 6.42 Å². The van der Waals surface area contributed by atoms with Crippen LogP contribution in [0.5, 0.6) is 0 Å². The Morgan fingerprint density at radius 1 is 1.29 bits per heavy atom. The van der Waals surface area contributed by atoms with Gasteiger partial charge in [0.2, 0.25) is 5.91 Å². The van der Waals surface area contributed by atoms with Crippen LogP contribution >= 0.6 is 0 Å². The molecule has 0 aromatic rings. The fourth-order valence-corrected chi connectivity index (χ4v) is 1.96. The van der Waals surface area contributed by atoms with E-state index >= 15 is 0 Å². The zero-order valence-electron chi connectivity index (χ0n) is 8.59. The van der Waals surface area contributed by atoms with Crippen LogP contribution in [0.3, 0.4) is 0 Å². The number of amides is 1. The summed E-state index contributed by atoms with van der Waals surface area (Å²) >= 11 is 0. The Balaban J connectivity index is 2.16. The molecule has 1 aliphatic rings. The molecule has 0 radical (unpaired) electrons. The monoisotopic (exact) mass is 194 g/mol. The summed E-state index contributed by atoms with van der Waals surface area (Å²) < 4.78 is 0. The zero-order valence-corrected chi connectivity index (χ0v) is 8.59. The second kappa shape index (κ2) is 6.42. The Morgan fingerprint density at radius 2 is 1.93 bits per heavy atom. The van der Waals surface area contributed by atoms with Crippen molar-refractivity contribution in [3.8, 4) is 6.07 Å². The van der Waals surface area contributed by atoms with Crippen molar-refractivity contribution in [1.82, 2.24) is 5.32 Å². The number of carbonyl (C=O) groups excluding carboxylic acids is 1. The van der Waals surface area contributed by atoms with Crippen LogP contribution in [0.15, 0.2) is 0 Å². The maximum atomic E-state index is 11.0. The molecule has 1 amide bonds. The summed E-state index contributed by atoms with van der Waals surface area (Å²) in [7, 11) is 0. The lowest BCUT2D eigenvalue weighted by Crippen LogP contribution is -2.28. The molecule has 0 aliphatic heterocycles. The van der Waals surface area contributed by atoms with Crippen LogP contribution in [0.1, 0.15) is 44.9 Å². The molecule has 0 bridgehead atoms. The van der Waals surface area contributed by atoms with E-state index in [1.54, 1.807) is 0 Å². The summed E-state index contributed by atoms with van der Waals surface area (Å²) in [6.07, 6.45) is 7.70. The lowest BCUT2D eigenvalue weighted by atomic mass is 10.0. The summed E-state index contributed by atoms with van der Waals surface area (Å²) in [5, 5.41) is 11.1. The van der Waals surface area contributed by atoms with Crippen molar-refractivity contribution >= 4 is 5.91 Å². The molecule has 1 N–H and O–H groups in total. The van der Waals surface area contributed by atoms with Gasteiger partial charge in [0, 0.05) is 6.54 Å². The molecule has 0 unspecified atom stereocenters. The summed E-state index contributed by atoms with van der Waals surface area (Å²) in [5.74, 6) is 0.511. The smallest absolute Gasteiger partial charge is 0.234 e. The number of nitriles is 1. The highest BCUT2D eigenvalue weighted by Gasteiger charge is 2.12. The molecule has 78 valence electrons. The van der Waals surface area contributed by atoms with Crippen molar-refractivity contribution < 1.29 is 4.79 Å². The van der Waals surface area contributed by atoms with Gasteiger partial charge in [-0.3, -0.25) is 4.79 Å².